The number of benzene rings is 2. The molecule has 0 bridgehead atoms. The fourth-order valence-electron chi connectivity index (χ4n) is 1.76. The Labute approximate surface area is 124 Å². The molecule has 3 nitrogen and oxygen atoms in total. The van der Waals surface area contributed by atoms with Crippen LogP contribution in [0.2, 0.25) is 0 Å². The molecule has 2 rings (SSSR count). The van der Waals surface area contributed by atoms with Crippen molar-refractivity contribution in [3.63, 3.8) is 0 Å². The molecule has 104 valence electrons. The standard InChI is InChI=1S/C15H13BrFNO2/c1-9-7-10(16)3-6-14(9)18-15(19)12-5-4-11(20-2)8-13(12)17/h3-8H,1-2H3,(H,18,19). The predicted octanol–water partition coefficient (Wildman–Crippen LogP) is 4.16. The van der Waals surface area contributed by atoms with Crippen LogP contribution in [0.1, 0.15) is 15.9 Å². The fourth-order valence-corrected chi connectivity index (χ4v) is 2.24. The highest BCUT2D eigenvalue weighted by atomic mass is 79.9. The van der Waals surface area contributed by atoms with Crippen molar-refractivity contribution in [2.75, 3.05) is 12.4 Å². The summed E-state index contributed by atoms with van der Waals surface area (Å²) in [5, 5.41) is 2.69. The zero-order chi connectivity index (χ0) is 14.7. The first-order chi connectivity index (χ1) is 9.51. The average Bonchev–Trinajstić information content (AvgIpc) is 2.41. The molecule has 0 saturated carbocycles. The number of carbonyl (C=O) groups excluding carboxylic acids is 1. The topological polar surface area (TPSA) is 38.3 Å². The number of hydrogen-bond donors (Lipinski definition) is 1. The first-order valence-corrected chi connectivity index (χ1v) is 6.71. The molecule has 0 spiro atoms. The summed E-state index contributed by atoms with van der Waals surface area (Å²) in [6.45, 7) is 1.87. The normalized spacial score (nSPS) is 10.2. The van der Waals surface area contributed by atoms with Gasteiger partial charge in [-0.3, -0.25) is 4.79 Å². The highest BCUT2D eigenvalue weighted by Crippen LogP contribution is 2.22. The maximum Gasteiger partial charge on any atom is 0.258 e. The second-order valence-corrected chi connectivity index (χ2v) is 5.17. The third kappa shape index (κ3) is 3.17. The zero-order valence-electron chi connectivity index (χ0n) is 11.0. The van der Waals surface area contributed by atoms with Crippen molar-refractivity contribution in [2.45, 2.75) is 6.92 Å². The minimum absolute atomic E-state index is 0.0203. The van der Waals surface area contributed by atoms with Crippen molar-refractivity contribution >= 4 is 27.5 Å². The van der Waals surface area contributed by atoms with Crippen LogP contribution in [0, 0.1) is 12.7 Å². The number of aryl methyl sites for hydroxylation is 1. The van der Waals surface area contributed by atoms with Crippen LogP contribution in [0.25, 0.3) is 0 Å². The molecule has 0 radical (unpaired) electrons. The third-order valence-corrected chi connectivity index (χ3v) is 3.35. The van der Waals surface area contributed by atoms with Crippen molar-refractivity contribution in [1.82, 2.24) is 0 Å². The van der Waals surface area contributed by atoms with Crippen molar-refractivity contribution in [3.05, 3.63) is 57.8 Å². The van der Waals surface area contributed by atoms with E-state index in [-0.39, 0.29) is 5.56 Å². The Morgan fingerprint density at radius 2 is 2.00 bits per heavy atom. The maximum atomic E-state index is 13.8. The van der Waals surface area contributed by atoms with E-state index in [4.69, 9.17) is 4.74 Å². The lowest BCUT2D eigenvalue weighted by Crippen LogP contribution is -2.14. The molecule has 0 aliphatic heterocycles. The maximum absolute atomic E-state index is 13.8. The Hall–Kier alpha value is -1.88. The number of nitrogens with one attached hydrogen (secondary N) is 1. The SMILES string of the molecule is COc1ccc(C(=O)Nc2ccc(Br)cc2C)c(F)c1. The van der Waals surface area contributed by atoms with E-state index in [1.165, 1.54) is 19.2 Å². The molecular formula is C15H13BrFNO2. The summed E-state index contributed by atoms with van der Waals surface area (Å²) in [6.07, 6.45) is 0. The number of rotatable bonds is 3. The van der Waals surface area contributed by atoms with E-state index in [2.05, 4.69) is 21.2 Å². The molecule has 2 aromatic rings. The van der Waals surface area contributed by atoms with Gasteiger partial charge in [-0.15, -0.1) is 0 Å². The van der Waals surface area contributed by atoms with E-state index < -0.39 is 11.7 Å². The Morgan fingerprint density at radius 1 is 1.25 bits per heavy atom. The van der Waals surface area contributed by atoms with Gasteiger partial charge in [0.05, 0.1) is 12.7 Å². The number of methoxy groups -OCH3 is 1. The largest absolute Gasteiger partial charge is 0.497 e. The monoisotopic (exact) mass is 337 g/mol. The summed E-state index contributed by atoms with van der Waals surface area (Å²) < 4.78 is 19.6. The molecule has 2 aromatic carbocycles. The van der Waals surface area contributed by atoms with Crippen molar-refractivity contribution < 1.29 is 13.9 Å². The first-order valence-electron chi connectivity index (χ1n) is 5.92. The van der Waals surface area contributed by atoms with E-state index in [0.717, 1.165) is 10.0 Å². The number of carbonyl (C=O) groups is 1. The van der Waals surface area contributed by atoms with E-state index in [0.29, 0.717) is 11.4 Å². The summed E-state index contributed by atoms with van der Waals surface area (Å²) >= 11 is 3.35. The molecule has 0 fully saturated rings. The molecule has 0 aliphatic carbocycles. The highest BCUT2D eigenvalue weighted by Gasteiger charge is 2.13. The quantitative estimate of drug-likeness (QED) is 0.913. The van der Waals surface area contributed by atoms with E-state index >= 15 is 0 Å². The van der Waals surface area contributed by atoms with Gasteiger partial charge in [-0.2, -0.15) is 0 Å². The Morgan fingerprint density at radius 3 is 2.60 bits per heavy atom. The molecule has 0 aromatic heterocycles. The summed E-state index contributed by atoms with van der Waals surface area (Å²) in [6, 6.07) is 9.58. The van der Waals surface area contributed by atoms with Crippen LogP contribution in [0.4, 0.5) is 10.1 Å². The van der Waals surface area contributed by atoms with Gasteiger partial charge < -0.3 is 10.1 Å². The van der Waals surface area contributed by atoms with Gasteiger partial charge in [-0.1, -0.05) is 15.9 Å². The lowest BCUT2D eigenvalue weighted by Gasteiger charge is -2.10. The van der Waals surface area contributed by atoms with Crippen LogP contribution in [-0.4, -0.2) is 13.0 Å². The fraction of sp³-hybridized carbons (Fsp3) is 0.133. The minimum atomic E-state index is -0.614. The van der Waals surface area contributed by atoms with Crippen LogP contribution in [0.15, 0.2) is 40.9 Å². The van der Waals surface area contributed by atoms with Gasteiger partial charge in [-0.25, -0.2) is 4.39 Å². The first kappa shape index (κ1) is 14.5. The number of amides is 1. The van der Waals surface area contributed by atoms with Crippen LogP contribution in [-0.2, 0) is 0 Å². The van der Waals surface area contributed by atoms with Crippen molar-refractivity contribution in [2.24, 2.45) is 0 Å². The molecule has 0 saturated heterocycles. The van der Waals surface area contributed by atoms with Gasteiger partial charge in [0.2, 0.25) is 0 Å². The smallest absolute Gasteiger partial charge is 0.258 e. The van der Waals surface area contributed by atoms with E-state index in [1.54, 1.807) is 12.1 Å². The number of ether oxygens (including phenoxy) is 1. The van der Waals surface area contributed by atoms with Gasteiger partial charge >= 0.3 is 0 Å². The van der Waals surface area contributed by atoms with Crippen LogP contribution >= 0.6 is 15.9 Å². The predicted molar refractivity (Wildman–Crippen MR) is 79.8 cm³/mol. The Balaban J connectivity index is 2.24. The molecule has 5 heteroatoms. The second-order valence-electron chi connectivity index (χ2n) is 4.26. The van der Waals surface area contributed by atoms with Gasteiger partial charge in [-0.05, 0) is 42.8 Å². The zero-order valence-corrected chi connectivity index (χ0v) is 12.6. The summed E-state index contributed by atoms with van der Waals surface area (Å²) in [4.78, 5) is 12.1. The van der Waals surface area contributed by atoms with Crippen LogP contribution < -0.4 is 10.1 Å². The second kappa shape index (κ2) is 6.05. The molecule has 20 heavy (non-hydrogen) atoms. The Bertz CT molecular complexity index is 658. The number of halogens is 2. The van der Waals surface area contributed by atoms with Gasteiger partial charge in [0, 0.05) is 16.2 Å². The van der Waals surface area contributed by atoms with Crippen LogP contribution in [0.5, 0.6) is 5.75 Å². The Kier molecular flexibility index (Phi) is 4.39. The summed E-state index contributed by atoms with van der Waals surface area (Å²) in [5.41, 5.74) is 1.52. The van der Waals surface area contributed by atoms with Crippen molar-refractivity contribution in [1.29, 1.82) is 0 Å². The molecule has 1 N–H and O–H groups in total. The van der Waals surface area contributed by atoms with Crippen LogP contribution in [0.3, 0.4) is 0 Å². The average molecular weight is 338 g/mol. The van der Waals surface area contributed by atoms with Crippen molar-refractivity contribution in [3.8, 4) is 5.75 Å². The molecular weight excluding hydrogens is 325 g/mol. The van der Waals surface area contributed by atoms with E-state index in [1.807, 2.05) is 19.1 Å². The number of hydrogen-bond acceptors (Lipinski definition) is 2. The summed E-state index contributed by atoms with van der Waals surface area (Å²) in [5.74, 6) is -0.730. The molecule has 0 atom stereocenters. The van der Waals surface area contributed by atoms with E-state index in [9.17, 15) is 9.18 Å². The lowest BCUT2D eigenvalue weighted by molar-refractivity contribution is 0.102. The number of anilines is 1. The van der Waals surface area contributed by atoms with Gasteiger partial charge in [0.15, 0.2) is 0 Å². The minimum Gasteiger partial charge on any atom is -0.497 e. The molecule has 0 unspecified atom stereocenters. The molecule has 0 heterocycles. The van der Waals surface area contributed by atoms with Gasteiger partial charge in [0.25, 0.3) is 5.91 Å². The lowest BCUT2D eigenvalue weighted by atomic mass is 10.1. The third-order valence-electron chi connectivity index (χ3n) is 2.86. The molecule has 1 amide bonds. The highest BCUT2D eigenvalue weighted by molar-refractivity contribution is 9.10. The summed E-state index contributed by atoms with van der Waals surface area (Å²) in [7, 11) is 1.44. The molecule has 0 aliphatic rings. The van der Waals surface area contributed by atoms with Gasteiger partial charge in [0.1, 0.15) is 11.6 Å².